The Kier molecular flexibility index (Phi) is 31.0. The average molecular weight is 1760 g/mol. The van der Waals surface area contributed by atoms with Crippen molar-refractivity contribution >= 4 is 109 Å². The van der Waals surface area contributed by atoms with E-state index in [9.17, 15) is 48.3 Å². The summed E-state index contributed by atoms with van der Waals surface area (Å²) in [5.41, 5.74) is 22.5. The van der Waals surface area contributed by atoms with Crippen molar-refractivity contribution in [2.45, 2.75) is 156 Å². The molecular formula is C92H103B2N17O18. The molecule has 6 aliphatic heterocycles. The number of carbonyl (C=O) groups is 9. The monoisotopic (exact) mass is 1760 g/mol. The van der Waals surface area contributed by atoms with Crippen molar-refractivity contribution in [3.63, 3.8) is 0 Å². The molecule has 1 saturated heterocycles. The number of primary amides is 2. The largest absolute Gasteiger partial charge is 0.496 e. The summed E-state index contributed by atoms with van der Waals surface area (Å²) in [6.45, 7) is 22.5. The van der Waals surface area contributed by atoms with Crippen LogP contribution in [-0.4, -0.2) is 208 Å². The summed E-state index contributed by atoms with van der Waals surface area (Å²) in [4.78, 5) is 154. The summed E-state index contributed by atoms with van der Waals surface area (Å²) in [6, 6.07) is 16.6. The van der Waals surface area contributed by atoms with Gasteiger partial charge in [-0.25, -0.2) is 68.1 Å². The molecule has 6 aliphatic rings. The number of amides is 6. The van der Waals surface area contributed by atoms with Gasteiger partial charge < -0.3 is 59.6 Å². The smallest absolute Gasteiger partial charge is 0.478 e. The Morgan fingerprint density at radius 2 is 0.729 bits per heavy atom. The predicted molar refractivity (Wildman–Crippen MR) is 483 cm³/mol. The summed E-state index contributed by atoms with van der Waals surface area (Å²) < 4.78 is 42.2. The Balaban J connectivity index is 0.000000152. The van der Waals surface area contributed by atoms with Crippen LogP contribution in [0.2, 0.25) is 0 Å². The number of hydrogen-bond donors (Lipinski definition) is 4. The number of aromatic carboxylic acids is 1. The number of nitrogens with two attached hydrogens (primary N) is 2. The zero-order chi connectivity index (χ0) is 93.2. The molecule has 0 spiro atoms. The number of anilines is 5. The van der Waals surface area contributed by atoms with E-state index in [2.05, 4.69) is 66.0 Å². The number of rotatable bonds is 10. The van der Waals surface area contributed by atoms with Gasteiger partial charge in [-0.3, -0.25) is 44.5 Å². The number of hydrogen-bond acceptors (Lipinski definition) is 28. The van der Waals surface area contributed by atoms with E-state index in [1.165, 1.54) is 86.9 Å². The number of aromatic nitrogens is 10. The van der Waals surface area contributed by atoms with Crippen molar-refractivity contribution in [3.8, 4) is 44.5 Å². The first-order valence-corrected chi connectivity index (χ1v) is 41.7. The van der Waals surface area contributed by atoms with Gasteiger partial charge in [0.05, 0.1) is 67.5 Å². The zero-order valence-corrected chi connectivity index (χ0v) is 74.5. The van der Waals surface area contributed by atoms with Crippen LogP contribution in [0.4, 0.5) is 48.3 Å². The number of carboxylic acids is 1. The minimum atomic E-state index is -1.02. The van der Waals surface area contributed by atoms with Gasteiger partial charge in [-0.05, 0) is 216 Å². The molecule has 16 heterocycles. The second-order valence-corrected chi connectivity index (χ2v) is 33.3. The summed E-state index contributed by atoms with van der Waals surface area (Å²) in [5.74, 6) is 0.646. The molecular weight excluding hydrogens is 1650 g/mol. The van der Waals surface area contributed by atoms with Gasteiger partial charge in [0.15, 0.2) is 0 Å². The van der Waals surface area contributed by atoms with Gasteiger partial charge in [-0.2, -0.15) is 0 Å². The molecule has 0 aromatic carbocycles. The molecule has 10 aromatic heterocycles. The van der Waals surface area contributed by atoms with E-state index in [4.69, 9.17) is 52.3 Å². The van der Waals surface area contributed by atoms with Gasteiger partial charge in [-0.1, -0.05) is 11.5 Å². The van der Waals surface area contributed by atoms with Crippen molar-refractivity contribution in [2.75, 3.05) is 86.1 Å². The minimum Gasteiger partial charge on any atom is -0.478 e. The van der Waals surface area contributed by atoms with E-state index in [0.717, 1.165) is 127 Å². The van der Waals surface area contributed by atoms with Crippen LogP contribution in [0.1, 0.15) is 181 Å². The third-order valence-corrected chi connectivity index (χ3v) is 21.5. The summed E-state index contributed by atoms with van der Waals surface area (Å²) in [7, 11) is 10.3. The Morgan fingerprint density at radius 3 is 1.09 bits per heavy atom. The standard InChI is InChI=1S/C20H23N3O4.C19H29BN2O4.C16H16N4O3.C15H14N4O3.C15H15N3O2.C7H6BNO2/c1-20(2,3)27-19(25)23-9-5-6-13-10-14(11-22-17(13)23)16-12-21-8-7-15(16)18(24)26-4;1-17(2,3)24-16(23)22-10-8-9-13-11-14(12-21-15(13)22)20-25-18(4,5)19(6,7)26-20;1-23-15(21)12-4-5-18-9-13(12)11-7-10-3-2-6-20(16(17)22)14(10)19-8-11;16-15(22)19-5-1-2-9-6-10(7-18-13(9)19)12-8-17-4-3-11(12)14(20)21;1-20-15(19)12-4-6-16-9-13(12)11-7-10-3-2-5-17-14(10)18-8-11;1-11-7(10)5-2-3-9-4-6(5)8/h7-8,10-12H,5-6,9H2,1-4H3;11-12H,8-10H2,1-7H3;4-5,7-9H,2-3,6H2,1H3,(H2,17,22);3-4,6-8H,1-2,5H2,(H2,16,22)(H,20,21);4,6-9H,2-3,5H2,1H3,(H,17,18);2-4H,1H3. The van der Waals surface area contributed by atoms with E-state index in [0.29, 0.717) is 99.4 Å². The second kappa shape index (κ2) is 41.9. The van der Waals surface area contributed by atoms with Crippen LogP contribution in [0.15, 0.2) is 154 Å². The molecule has 670 valence electrons. The molecule has 0 saturated carbocycles. The van der Waals surface area contributed by atoms with Crippen LogP contribution in [0, 0.1) is 0 Å². The average Bonchev–Trinajstić information content (AvgIpc) is 1.62. The number of nitrogens with zero attached hydrogens (tertiary/aromatic N) is 14. The molecule has 0 aliphatic carbocycles. The zero-order valence-electron chi connectivity index (χ0n) is 74.5. The van der Waals surface area contributed by atoms with Gasteiger partial charge in [0.2, 0.25) is 0 Å². The lowest BCUT2D eigenvalue weighted by Crippen LogP contribution is -2.42. The highest BCUT2D eigenvalue weighted by molar-refractivity contribution is 6.62. The molecule has 0 atom stereocenters. The van der Waals surface area contributed by atoms with E-state index >= 15 is 0 Å². The molecule has 129 heavy (non-hydrogen) atoms. The fourth-order valence-corrected chi connectivity index (χ4v) is 14.6. The molecule has 2 radical (unpaired) electrons. The summed E-state index contributed by atoms with van der Waals surface area (Å²) in [6.07, 6.45) is 31.6. The van der Waals surface area contributed by atoms with Crippen molar-refractivity contribution in [3.05, 3.63) is 209 Å². The number of aryl methyl sites for hydroxylation is 5. The molecule has 0 bridgehead atoms. The van der Waals surface area contributed by atoms with E-state index < -0.39 is 71.6 Å². The maximum Gasteiger partial charge on any atom is 0.496 e. The number of methoxy groups -OCH3 is 4. The van der Waals surface area contributed by atoms with Crippen molar-refractivity contribution < 1.29 is 86.0 Å². The lowest BCUT2D eigenvalue weighted by atomic mass is 9.79. The number of pyridine rings is 10. The number of carboxylic acid groups (broad SMARTS) is 1. The van der Waals surface area contributed by atoms with Crippen molar-refractivity contribution in [1.82, 2.24) is 49.8 Å². The Morgan fingerprint density at radius 1 is 0.419 bits per heavy atom. The highest BCUT2D eigenvalue weighted by Crippen LogP contribution is 2.39. The molecule has 16 rings (SSSR count). The predicted octanol–water partition coefficient (Wildman–Crippen LogP) is 12.1. The lowest BCUT2D eigenvalue weighted by molar-refractivity contribution is 0.00578. The Labute approximate surface area is 748 Å². The summed E-state index contributed by atoms with van der Waals surface area (Å²) in [5, 5.41) is 12.5. The maximum atomic E-state index is 12.5. The molecule has 6 N–H and O–H groups in total. The maximum absolute atomic E-state index is 12.5. The number of esters is 4. The lowest BCUT2D eigenvalue weighted by Gasteiger charge is -2.32. The number of carbonyl (C=O) groups excluding carboxylic acids is 8. The van der Waals surface area contributed by atoms with Crippen molar-refractivity contribution in [2.24, 2.45) is 11.5 Å². The van der Waals surface area contributed by atoms with E-state index in [1.54, 1.807) is 90.0 Å². The molecule has 35 nitrogen and oxygen atoms in total. The fourth-order valence-electron chi connectivity index (χ4n) is 14.6. The van der Waals surface area contributed by atoms with Crippen LogP contribution in [0.3, 0.4) is 0 Å². The highest BCUT2D eigenvalue weighted by atomic mass is 16.7. The molecule has 0 unspecified atom stereocenters. The first-order chi connectivity index (χ1) is 61.4. The fraction of sp³-hybridized carbons (Fsp3) is 0.359. The van der Waals surface area contributed by atoms with Crippen LogP contribution in [0.25, 0.3) is 44.5 Å². The van der Waals surface area contributed by atoms with Crippen LogP contribution < -0.4 is 47.3 Å². The molecule has 37 heteroatoms. The first kappa shape index (κ1) is 95.4. The van der Waals surface area contributed by atoms with Gasteiger partial charge in [-0.15, -0.1) is 0 Å². The third-order valence-electron chi connectivity index (χ3n) is 21.5. The third kappa shape index (κ3) is 23.5. The topological polar surface area (TPSA) is 454 Å². The molecule has 1 fully saturated rings. The van der Waals surface area contributed by atoms with Crippen LogP contribution in [0.5, 0.6) is 0 Å². The number of ether oxygens (including phenoxy) is 6. The molecule has 10 aromatic rings. The number of fused-ring (bicyclic) bond motifs is 5. The SMILES string of the molecule is CC(C)(C)OC(=O)N1CCCc2cc(B3OC(C)(C)C(C)(C)O3)cnc21.COC(=O)c1ccncc1-c1cnc2c(c1)CCCN2.COC(=O)c1ccncc1-c1cnc2c(c1)CCCN2C(=O)OC(C)(C)C.COC(=O)c1ccncc1-c1cnc2c(c1)CCCN2C(N)=O.NC(=O)N1CCCc2cc(-c3cnccc3C(=O)O)cnc21.[B]c1cnccc1C(=O)OC. The van der Waals surface area contributed by atoms with Crippen molar-refractivity contribution in [1.29, 1.82) is 0 Å². The normalized spacial score (nSPS) is 14.7. The Hall–Kier alpha value is -14.2. The summed E-state index contributed by atoms with van der Waals surface area (Å²) >= 11 is 0. The highest BCUT2D eigenvalue weighted by Gasteiger charge is 2.52. The molecule has 6 amide bonds. The second-order valence-electron chi connectivity index (χ2n) is 33.3. The van der Waals surface area contributed by atoms with Gasteiger partial charge >= 0.3 is 61.2 Å². The van der Waals surface area contributed by atoms with Crippen LogP contribution >= 0.6 is 0 Å². The quantitative estimate of drug-likeness (QED) is 0.0561. The van der Waals surface area contributed by atoms with Crippen LogP contribution in [-0.2, 0) is 69.8 Å². The van der Waals surface area contributed by atoms with Gasteiger partial charge in [0, 0.05) is 176 Å². The van der Waals surface area contributed by atoms with E-state index in [-0.39, 0.29) is 17.6 Å². The Bertz CT molecular complexity index is 5810. The number of nitrogens with one attached hydrogen (secondary N) is 1. The first-order valence-electron chi connectivity index (χ1n) is 41.7. The minimum absolute atomic E-state index is 0.166. The van der Waals surface area contributed by atoms with E-state index in [1.807, 2.05) is 93.5 Å². The van der Waals surface area contributed by atoms with Gasteiger partial charge in [0.25, 0.3) is 0 Å². The van der Waals surface area contributed by atoms with Gasteiger partial charge in [0.1, 0.15) is 48.1 Å². The number of urea groups is 2.